The van der Waals surface area contributed by atoms with Crippen molar-refractivity contribution in [3.05, 3.63) is 29.8 Å². The number of hydrogen-bond acceptors (Lipinski definition) is 4. The zero-order chi connectivity index (χ0) is 19.8. The maximum absolute atomic E-state index is 5.99. The number of rotatable bonds is 7. The van der Waals surface area contributed by atoms with Crippen LogP contribution in [0, 0.1) is 5.92 Å². The summed E-state index contributed by atoms with van der Waals surface area (Å²) in [6, 6.07) is 8.86. The van der Waals surface area contributed by atoms with Crippen LogP contribution >= 0.6 is 24.0 Å². The molecular formula is C22H37IN4O2. The molecule has 1 aromatic rings. The molecule has 0 spiro atoms. The molecule has 2 fully saturated rings. The maximum Gasteiger partial charge on any atom is 0.194 e. The molecule has 29 heavy (non-hydrogen) atoms. The lowest BCUT2D eigenvalue weighted by Gasteiger charge is -2.32. The van der Waals surface area contributed by atoms with Crippen LogP contribution in [0.5, 0.6) is 5.75 Å². The molecule has 164 valence electrons. The second kappa shape index (κ2) is 12.6. The highest BCUT2D eigenvalue weighted by atomic mass is 127. The van der Waals surface area contributed by atoms with E-state index in [9.17, 15) is 0 Å². The molecule has 0 aromatic heterocycles. The van der Waals surface area contributed by atoms with E-state index in [1.54, 1.807) is 0 Å². The highest BCUT2D eigenvalue weighted by Crippen LogP contribution is 2.21. The maximum atomic E-state index is 5.99. The van der Waals surface area contributed by atoms with Gasteiger partial charge in [-0.05, 0) is 25.3 Å². The molecule has 0 amide bonds. The molecule has 3 rings (SSSR count). The molecule has 0 bridgehead atoms. The molecule has 1 unspecified atom stereocenters. The minimum Gasteiger partial charge on any atom is -0.493 e. The zero-order valence-electron chi connectivity index (χ0n) is 18.1. The Labute approximate surface area is 193 Å². The van der Waals surface area contributed by atoms with Gasteiger partial charge in [-0.1, -0.05) is 32.0 Å². The topological polar surface area (TPSA) is 49.3 Å². The van der Waals surface area contributed by atoms with Crippen molar-refractivity contribution in [2.24, 2.45) is 10.9 Å². The summed E-state index contributed by atoms with van der Waals surface area (Å²) in [7, 11) is 0. The molecule has 2 aliphatic rings. The number of halogens is 1. The van der Waals surface area contributed by atoms with Crippen LogP contribution in [0.25, 0.3) is 0 Å². The first-order valence-electron chi connectivity index (χ1n) is 10.7. The summed E-state index contributed by atoms with van der Waals surface area (Å²) in [6.45, 7) is 14.6. The third kappa shape index (κ3) is 7.29. The number of nitrogens with one attached hydrogen (secondary N) is 1. The van der Waals surface area contributed by atoms with E-state index in [1.807, 2.05) is 12.1 Å². The molecule has 2 heterocycles. The highest BCUT2D eigenvalue weighted by molar-refractivity contribution is 14.0. The number of likely N-dealkylation sites (tertiary alicyclic amines) is 1. The van der Waals surface area contributed by atoms with E-state index in [-0.39, 0.29) is 24.0 Å². The van der Waals surface area contributed by atoms with Crippen LogP contribution in [0.3, 0.4) is 0 Å². The SMILES string of the molecule is CCNC(=NCc1ccccc1OCC(C)C)N1CCC(N2CCOCC2)C1.I. The summed E-state index contributed by atoms with van der Waals surface area (Å²) in [5.41, 5.74) is 1.14. The van der Waals surface area contributed by atoms with Crippen molar-refractivity contribution >= 4 is 29.9 Å². The number of aliphatic imine (C=N–C) groups is 1. The van der Waals surface area contributed by atoms with Crippen LogP contribution in [0.4, 0.5) is 0 Å². The van der Waals surface area contributed by atoms with Gasteiger partial charge in [-0.25, -0.2) is 4.99 Å². The zero-order valence-corrected chi connectivity index (χ0v) is 20.4. The van der Waals surface area contributed by atoms with Crippen LogP contribution in [0.2, 0.25) is 0 Å². The number of morpholine rings is 1. The second-order valence-corrected chi connectivity index (χ2v) is 8.02. The average molecular weight is 516 g/mol. The molecule has 0 radical (unpaired) electrons. The third-order valence-electron chi connectivity index (χ3n) is 5.30. The predicted molar refractivity (Wildman–Crippen MR) is 129 cm³/mol. The van der Waals surface area contributed by atoms with Crippen molar-refractivity contribution in [3.63, 3.8) is 0 Å². The Kier molecular flexibility index (Phi) is 10.5. The smallest absolute Gasteiger partial charge is 0.194 e. The molecule has 6 nitrogen and oxygen atoms in total. The highest BCUT2D eigenvalue weighted by Gasteiger charge is 2.30. The normalized spacial score (nSPS) is 20.6. The summed E-state index contributed by atoms with van der Waals surface area (Å²) in [5.74, 6) is 2.47. The van der Waals surface area contributed by atoms with Crippen molar-refractivity contribution in [1.82, 2.24) is 15.1 Å². The van der Waals surface area contributed by atoms with Gasteiger partial charge < -0.3 is 19.7 Å². The van der Waals surface area contributed by atoms with Gasteiger partial charge in [0, 0.05) is 44.3 Å². The minimum atomic E-state index is 0. The van der Waals surface area contributed by atoms with Crippen LogP contribution in [-0.4, -0.2) is 74.3 Å². The quantitative estimate of drug-likeness (QED) is 0.343. The Bertz CT molecular complexity index is 635. The van der Waals surface area contributed by atoms with E-state index in [0.29, 0.717) is 18.5 Å². The summed E-state index contributed by atoms with van der Waals surface area (Å²) < 4.78 is 11.5. The van der Waals surface area contributed by atoms with E-state index in [0.717, 1.165) is 69.8 Å². The Morgan fingerprint density at radius 3 is 2.72 bits per heavy atom. The average Bonchev–Trinajstić information content (AvgIpc) is 3.21. The van der Waals surface area contributed by atoms with Crippen LogP contribution in [0.15, 0.2) is 29.3 Å². The van der Waals surface area contributed by atoms with E-state index < -0.39 is 0 Å². The number of para-hydroxylation sites is 1. The number of hydrogen-bond donors (Lipinski definition) is 1. The third-order valence-corrected chi connectivity index (χ3v) is 5.30. The van der Waals surface area contributed by atoms with Gasteiger partial charge >= 0.3 is 0 Å². The van der Waals surface area contributed by atoms with E-state index in [2.05, 4.69) is 48.0 Å². The molecule has 2 saturated heterocycles. The molecule has 1 atom stereocenters. The summed E-state index contributed by atoms with van der Waals surface area (Å²) in [4.78, 5) is 9.92. The molecule has 0 aliphatic carbocycles. The monoisotopic (exact) mass is 516 g/mol. The van der Waals surface area contributed by atoms with Gasteiger partial charge in [0.05, 0.1) is 26.4 Å². The van der Waals surface area contributed by atoms with Crippen LogP contribution < -0.4 is 10.1 Å². The lowest BCUT2D eigenvalue weighted by atomic mass is 10.2. The van der Waals surface area contributed by atoms with E-state index >= 15 is 0 Å². The molecule has 1 aromatic carbocycles. The standard InChI is InChI=1S/C22H36N4O2.HI/c1-4-23-22(26-10-9-20(16-26)25-11-13-27-14-12-25)24-15-19-7-5-6-8-21(19)28-17-18(2)3;/h5-8,18,20H,4,9-17H2,1-3H3,(H,23,24);1H. The Balaban J connectivity index is 0.00000300. The number of benzene rings is 1. The Morgan fingerprint density at radius 2 is 2.00 bits per heavy atom. The van der Waals surface area contributed by atoms with Gasteiger partial charge in [-0.2, -0.15) is 0 Å². The van der Waals surface area contributed by atoms with Crippen molar-refractivity contribution in [2.75, 3.05) is 52.5 Å². The summed E-state index contributed by atoms with van der Waals surface area (Å²) in [6.07, 6.45) is 1.19. The van der Waals surface area contributed by atoms with Gasteiger partial charge in [-0.3, -0.25) is 4.90 Å². The minimum absolute atomic E-state index is 0. The summed E-state index contributed by atoms with van der Waals surface area (Å²) in [5, 5.41) is 3.48. The van der Waals surface area contributed by atoms with Crippen molar-refractivity contribution in [1.29, 1.82) is 0 Å². The van der Waals surface area contributed by atoms with Crippen molar-refractivity contribution in [3.8, 4) is 5.75 Å². The van der Waals surface area contributed by atoms with Gasteiger partial charge in [0.25, 0.3) is 0 Å². The molecule has 7 heteroatoms. The second-order valence-electron chi connectivity index (χ2n) is 8.02. The molecule has 0 saturated carbocycles. The fourth-order valence-corrected chi connectivity index (χ4v) is 3.79. The van der Waals surface area contributed by atoms with E-state index in [4.69, 9.17) is 14.5 Å². The number of guanidine groups is 1. The lowest BCUT2D eigenvalue weighted by Crippen LogP contribution is -2.46. The molecule has 1 N–H and O–H groups in total. The van der Waals surface area contributed by atoms with Crippen LogP contribution in [-0.2, 0) is 11.3 Å². The van der Waals surface area contributed by atoms with Crippen molar-refractivity contribution < 1.29 is 9.47 Å². The first-order valence-corrected chi connectivity index (χ1v) is 10.7. The fraction of sp³-hybridized carbons (Fsp3) is 0.682. The Hall–Kier alpha value is -1.06. The Morgan fingerprint density at radius 1 is 1.24 bits per heavy atom. The van der Waals surface area contributed by atoms with Gasteiger partial charge in [0.1, 0.15) is 5.75 Å². The molecule has 2 aliphatic heterocycles. The van der Waals surface area contributed by atoms with E-state index in [1.165, 1.54) is 6.42 Å². The van der Waals surface area contributed by atoms with Gasteiger partial charge in [-0.15, -0.1) is 24.0 Å². The molecular weight excluding hydrogens is 479 g/mol. The first-order chi connectivity index (χ1) is 13.7. The van der Waals surface area contributed by atoms with Gasteiger partial charge in [0.15, 0.2) is 5.96 Å². The number of nitrogens with zero attached hydrogens (tertiary/aromatic N) is 3. The summed E-state index contributed by atoms with van der Waals surface area (Å²) >= 11 is 0. The van der Waals surface area contributed by atoms with Crippen LogP contribution in [0.1, 0.15) is 32.8 Å². The lowest BCUT2D eigenvalue weighted by molar-refractivity contribution is 0.0195. The fourth-order valence-electron chi connectivity index (χ4n) is 3.79. The first kappa shape index (κ1) is 24.2. The van der Waals surface area contributed by atoms with Gasteiger partial charge in [0.2, 0.25) is 0 Å². The number of ether oxygens (including phenoxy) is 2. The predicted octanol–water partition coefficient (Wildman–Crippen LogP) is 3.21. The van der Waals surface area contributed by atoms with Crippen molar-refractivity contribution in [2.45, 2.75) is 39.8 Å². The largest absolute Gasteiger partial charge is 0.493 e.